The molecule has 0 amide bonds. The fourth-order valence-corrected chi connectivity index (χ4v) is 4.52. The van der Waals surface area contributed by atoms with Crippen molar-refractivity contribution < 1.29 is 0 Å². The van der Waals surface area contributed by atoms with Crippen LogP contribution < -0.4 is 4.90 Å². The van der Waals surface area contributed by atoms with Gasteiger partial charge in [-0.2, -0.15) is 5.10 Å². The number of para-hydroxylation sites is 1. The lowest BCUT2D eigenvalue weighted by Gasteiger charge is -2.37. The van der Waals surface area contributed by atoms with Gasteiger partial charge in [-0.1, -0.05) is 25.1 Å². The molecular weight excluding hydrogens is 350 g/mol. The molecule has 5 rings (SSSR count). The Kier molecular flexibility index (Phi) is 4.70. The van der Waals surface area contributed by atoms with Crippen molar-refractivity contribution in [1.29, 1.82) is 0 Å². The van der Waals surface area contributed by atoms with Crippen molar-refractivity contribution in [2.75, 3.05) is 50.7 Å². The second kappa shape index (κ2) is 7.48. The molecule has 2 aliphatic rings. The van der Waals surface area contributed by atoms with Crippen molar-refractivity contribution in [3.8, 4) is 5.69 Å². The van der Waals surface area contributed by atoms with Crippen LogP contribution in [0.1, 0.15) is 13.3 Å². The third kappa shape index (κ3) is 3.14. The van der Waals surface area contributed by atoms with Crippen LogP contribution in [0.25, 0.3) is 16.7 Å². The largest absolute Gasteiger partial charge is 0.354 e. The van der Waals surface area contributed by atoms with Crippen LogP contribution in [0.4, 0.5) is 5.82 Å². The maximum atomic E-state index is 4.64. The Morgan fingerprint density at radius 2 is 1.82 bits per heavy atom. The van der Waals surface area contributed by atoms with Crippen molar-refractivity contribution >= 4 is 16.9 Å². The van der Waals surface area contributed by atoms with Gasteiger partial charge in [-0.3, -0.25) is 4.90 Å². The molecule has 2 aromatic heterocycles. The average Bonchev–Trinajstić information content (AvgIpc) is 3.42. The van der Waals surface area contributed by atoms with Crippen molar-refractivity contribution in [2.45, 2.75) is 19.4 Å². The zero-order valence-corrected chi connectivity index (χ0v) is 16.4. The number of rotatable bonds is 4. The molecule has 0 spiro atoms. The topological polar surface area (TPSA) is 53.3 Å². The highest BCUT2D eigenvalue weighted by Crippen LogP contribution is 2.28. The summed E-state index contributed by atoms with van der Waals surface area (Å²) in [4.78, 5) is 16.8. The fourth-order valence-electron chi connectivity index (χ4n) is 4.52. The monoisotopic (exact) mass is 377 g/mol. The van der Waals surface area contributed by atoms with E-state index in [9.17, 15) is 0 Å². The van der Waals surface area contributed by atoms with E-state index in [1.165, 1.54) is 32.6 Å². The van der Waals surface area contributed by atoms with Crippen LogP contribution in [0.5, 0.6) is 0 Å². The van der Waals surface area contributed by atoms with Gasteiger partial charge in [-0.05, 0) is 25.1 Å². The van der Waals surface area contributed by atoms with Crippen molar-refractivity contribution in [3.63, 3.8) is 0 Å². The second-order valence-corrected chi connectivity index (χ2v) is 7.69. The third-order valence-electron chi connectivity index (χ3n) is 6.18. The van der Waals surface area contributed by atoms with Gasteiger partial charge in [0.05, 0.1) is 17.3 Å². The smallest absolute Gasteiger partial charge is 0.168 e. The molecule has 146 valence electrons. The Labute approximate surface area is 165 Å². The van der Waals surface area contributed by atoms with E-state index in [-0.39, 0.29) is 0 Å². The van der Waals surface area contributed by atoms with E-state index >= 15 is 0 Å². The minimum atomic E-state index is 0.619. The summed E-state index contributed by atoms with van der Waals surface area (Å²) in [5.41, 5.74) is 1.89. The molecule has 1 aromatic carbocycles. The van der Waals surface area contributed by atoms with Crippen LogP contribution in [-0.4, -0.2) is 81.4 Å². The Balaban J connectivity index is 1.37. The summed E-state index contributed by atoms with van der Waals surface area (Å²) in [7, 11) is 0. The summed E-state index contributed by atoms with van der Waals surface area (Å²) in [6.45, 7) is 10.2. The van der Waals surface area contributed by atoms with E-state index in [0.29, 0.717) is 6.04 Å². The minimum absolute atomic E-state index is 0.619. The van der Waals surface area contributed by atoms with E-state index in [2.05, 4.69) is 48.8 Å². The summed E-state index contributed by atoms with van der Waals surface area (Å²) in [6, 6.07) is 10.8. The van der Waals surface area contributed by atoms with Crippen molar-refractivity contribution in [1.82, 2.24) is 29.5 Å². The van der Waals surface area contributed by atoms with Crippen LogP contribution >= 0.6 is 0 Å². The summed E-state index contributed by atoms with van der Waals surface area (Å²) >= 11 is 0. The molecule has 1 unspecified atom stereocenters. The first-order valence-corrected chi connectivity index (χ1v) is 10.3. The van der Waals surface area contributed by atoms with Gasteiger partial charge in [0.25, 0.3) is 0 Å². The molecule has 0 aliphatic carbocycles. The molecule has 28 heavy (non-hydrogen) atoms. The summed E-state index contributed by atoms with van der Waals surface area (Å²) in [5.74, 6) is 1.02. The first-order valence-electron chi connectivity index (χ1n) is 10.3. The van der Waals surface area contributed by atoms with E-state index < -0.39 is 0 Å². The molecule has 2 saturated heterocycles. The molecule has 3 aromatic rings. The highest BCUT2D eigenvalue weighted by Gasteiger charge is 2.31. The number of nitrogens with zero attached hydrogens (tertiary/aromatic N) is 7. The highest BCUT2D eigenvalue weighted by molar-refractivity contribution is 5.87. The number of piperazine rings is 1. The van der Waals surface area contributed by atoms with Gasteiger partial charge < -0.3 is 9.80 Å². The maximum absolute atomic E-state index is 4.64. The molecular formula is C21H27N7. The number of hydrogen-bond donors (Lipinski definition) is 0. The number of hydrogen-bond acceptors (Lipinski definition) is 6. The zero-order valence-electron chi connectivity index (χ0n) is 16.4. The van der Waals surface area contributed by atoms with Gasteiger partial charge in [0, 0.05) is 45.3 Å². The molecule has 4 heterocycles. The third-order valence-corrected chi connectivity index (χ3v) is 6.18. The lowest BCUT2D eigenvalue weighted by atomic mass is 10.2. The summed E-state index contributed by atoms with van der Waals surface area (Å²) in [6.07, 6.45) is 4.78. The number of benzene rings is 1. The molecule has 2 aliphatic heterocycles. The van der Waals surface area contributed by atoms with Gasteiger partial charge in [0.15, 0.2) is 5.65 Å². The predicted molar refractivity (Wildman–Crippen MR) is 111 cm³/mol. The SMILES string of the molecule is CCN1CCN(C2CCN(c3ncnc4c3cnn4-c3ccccc3)C2)CC1. The average molecular weight is 377 g/mol. The molecule has 7 heteroatoms. The first kappa shape index (κ1) is 17.6. The lowest BCUT2D eigenvalue weighted by molar-refractivity contribution is 0.107. The molecule has 2 fully saturated rings. The Morgan fingerprint density at radius 3 is 2.61 bits per heavy atom. The van der Waals surface area contributed by atoms with E-state index in [0.717, 1.165) is 42.2 Å². The van der Waals surface area contributed by atoms with Crippen molar-refractivity contribution in [2.24, 2.45) is 0 Å². The van der Waals surface area contributed by atoms with Crippen LogP contribution in [0.15, 0.2) is 42.9 Å². The highest BCUT2D eigenvalue weighted by atomic mass is 15.3. The van der Waals surface area contributed by atoms with E-state index in [1.807, 2.05) is 29.1 Å². The Bertz CT molecular complexity index is 930. The number of aromatic nitrogens is 4. The van der Waals surface area contributed by atoms with Gasteiger partial charge >= 0.3 is 0 Å². The maximum Gasteiger partial charge on any atom is 0.168 e. The molecule has 7 nitrogen and oxygen atoms in total. The van der Waals surface area contributed by atoms with Gasteiger partial charge in [0.1, 0.15) is 12.1 Å². The summed E-state index contributed by atoms with van der Waals surface area (Å²) < 4.78 is 1.90. The van der Waals surface area contributed by atoms with Gasteiger partial charge in [-0.15, -0.1) is 0 Å². The molecule has 1 atom stereocenters. The normalized spacial score (nSPS) is 21.6. The van der Waals surface area contributed by atoms with Gasteiger partial charge in [0.2, 0.25) is 0 Å². The minimum Gasteiger partial charge on any atom is -0.354 e. The zero-order chi connectivity index (χ0) is 18.9. The van der Waals surface area contributed by atoms with Gasteiger partial charge in [-0.25, -0.2) is 14.6 Å². The Hall–Kier alpha value is -2.51. The molecule has 0 radical (unpaired) electrons. The number of likely N-dealkylation sites (N-methyl/N-ethyl adjacent to an activating group) is 1. The van der Waals surface area contributed by atoms with Crippen molar-refractivity contribution in [3.05, 3.63) is 42.9 Å². The lowest BCUT2D eigenvalue weighted by Crippen LogP contribution is -2.50. The number of anilines is 1. The quantitative estimate of drug-likeness (QED) is 0.694. The molecule has 0 saturated carbocycles. The number of fused-ring (bicyclic) bond motifs is 1. The predicted octanol–water partition coefficient (Wildman–Crippen LogP) is 2.03. The first-order chi connectivity index (χ1) is 13.8. The summed E-state index contributed by atoms with van der Waals surface area (Å²) in [5, 5.41) is 5.63. The molecule has 0 bridgehead atoms. The standard InChI is InChI=1S/C21H27N7/c1-2-25-10-12-26(13-11-25)18-8-9-27(15-18)20-19-14-24-28(21(19)23-16-22-20)17-6-4-3-5-7-17/h3-7,14,16,18H,2,8-13,15H2,1H3. The van der Waals surface area contributed by atoms with Crippen LogP contribution in [0.2, 0.25) is 0 Å². The van der Waals surface area contributed by atoms with E-state index in [4.69, 9.17) is 0 Å². The Morgan fingerprint density at radius 1 is 1.00 bits per heavy atom. The van der Waals surface area contributed by atoms with Crippen LogP contribution in [0, 0.1) is 0 Å². The van der Waals surface area contributed by atoms with Crippen LogP contribution in [0.3, 0.4) is 0 Å². The van der Waals surface area contributed by atoms with E-state index in [1.54, 1.807) is 6.33 Å². The second-order valence-electron chi connectivity index (χ2n) is 7.69. The van der Waals surface area contributed by atoms with Crippen LogP contribution in [-0.2, 0) is 0 Å². The fraction of sp³-hybridized carbons (Fsp3) is 0.476. The molecule has 0 N–H and O–H groups in total.